The van der Waals surface area contributed by atoms with Gasteiger partial charge >= 0.3 is 5.97 Å². The first-order chi connectivity index (χ1) is 22.9. The van der Waals surface area contributed by atoms with Crippen LogP contribution >= 0.6 is 0 Å². The van der Waals surface area contributed by atoms with Crippen molar-refractivity contribution in [2.45, 2.75) is 94.9 Å². The lowest BCUT2D eigenvalue weighted by Crippen LogP contribution is -2.64. The Hall–Kier alpha value is -3.80. The lowest BCUT2D eigenvalue weighted by Gasteiger charge is -2.49. The Balaban J connectivity index is 1.32. The Morgan fingerprint density at radius 3 is 2.15 bits per heavy atom. The Kier molecular flexibility index (Phi) is 10.9. The molecule has 0 spiro atoms. The predicted octanol–water partition coefficient (Wildman–Crippen LogP) is 3.41. The maximum atomic E-state index is 14.1. The maximum Gasteiger partial charge on any atom is 0.349 e. The zero-order valence-corrected chi connectivity index (χ0v) is 28.0. The lowest BCUT2D eigenvalue weighted by atomic mass is 9.68. The van der Waals surface area contributed by atoms with Crippen molar-refractivity contribution in [3.05, 3.63) is 95.1 Å². The summed E-state index contributed by atoms with van der Waals surface area (Å²) in [5.74, 6) is 0.0272. The van der Waals surface area contributed by atoms with Gasteiger partial charge in [0.05, 0.1) is 24.7 Å². The molecule has 3 aromatic carbocycles. The van der Waals surface area contributed by atoms with Gasteiger partial charge in [0, 0.05) is 18.7 Å². The van der Waals surface area contributed by atoms with Crippen molar-refractivity contribution in [1.29, 1.82) is 0 Å². The molecule has 0 unspecified atom stereocenters. The number of aliphatic hydroxyl groups is 4. The van der Waals surface area contributed by atoms with Gasteiger partial charge in [-0.3, -0.25) is 4.79 Å². The molecule has 0 saturated carbocycles. The van der Waals surface area contributed by atoms with Gasteiger partial charge in [-0.05, 0) is 87.9 Å². The molecule has 0 aromatic heterocycles. The molecule has 4 N–H and O–H groups in total. The van der Waals surface area contributed by atoms with E-state index in [2.05, 4.69) is 31.2 Å². The quantitative estimate of drug-likeness (QED) is 0.160. The zero-order valence-electron chi connectivity index (χ0n) is 28.0. The highest BCUT2D eigenvalue weighted by Gasteiger charge is 2.53. The van der Waals surface area contributed by atoms with Gasteiger partial charge in [-0.15, -0.1) is 0 Å². The zero-order chi connectivity index (χ0) is 34.6. The molecule has 0 bridgehead atoms. The third-order valence-electron chi connectivity index (χ3n) is 9.50. The molecular weight excluding hydrogens is 614 g/mol. The van der Waals surface area contributed by atoms with E-state index in [0.29, 0.717) is 18.7 Å². The standard InChI is InChI=1S/C38H47NO9/c1-5-46-36(45)37(3,4)48-29-18-16-28(17-19-29)39-23-38(35(39)44,20-6-7-25-10-8-24(2)9-11-25)27-14-12-26(13-15-27)21-30-32(41)34(43)33(42)31(22-40)47-30/h8-19,30-34,40-43H,5-7,20-23H2,1-4H3/t30-,31-,32+,33-,34-,38-/m1/s1. The van der Waals surface area contributed by atoms with E-state index in [1.807, 2.05) is 36.4 Å². The van der Waals surface area contributed by atoms with Gasteiger partial charge in [0.2, 0.25) is 5.91 Å². The first kappa shape index (κ1) is 35.5. The smallest absolute Gasteiger partial charge is 0.349 e. The fraction of sp³-hybridized carbons (Fsp3) is 0.474. The van der Waals surface area contributed by atoms with Crippen LogP contribution in [0.15, 0.2) is 72.8 Å². The number of anilines is 1. The molecule has 2 aliphatic rings. The predicted molar refractivity (Wildman–Crippen MR) is 180 cm³/mol. The van der Waals surface area contributed by atoms with Gasteiger partial charge in [-0.1, -0.05) is 54.1 Å². The summed E-state index contributed by atoms with van der Waals surface area (Å²) in [6.45, 7) is 7.37. The summed E-state index contributed by atoms with van der Waals surface area (Å²) in [6.07, 6.45) is -3.38. The minimum Gasteiger partial charge on any atom is -0.476 e. The number of amides is 1. The van der Waals surface area contributed by atoms with E-state index in [9.17, 15) is 30.0 Å². The molecule has 2 aliphatic heterocycles. The van der Waals surface area contributed by atoms with E-state index in [0.717, 1.165) is 29.7 Å². The van der Waals surface area contributed by atoms with Gasteiger partial charge in [0.1, 0.15) is 30.2 Å². The fourth-order valence-electron chi connectivity index (χ4n) is 6.55. The third kappa shape index (κ3) is 7.43. The topological polar surface area (TPSA) is 146 Å². The molecule has 48 heavy (non-hydrogen) atoms. The van der Waals surface area contributed by atoms with Crippen LogP contribution in [-0.4, -0.2) is 88.2 Å². The van der Waals surface area contributed by atoms with Gasteiger partial charge in [0.15, 0.2) is 5.60 Å². The summed E-state index contributed by atoms with van der Waals surface area (Å²) >= 11 is 0. The summed E-state index contributed by atoms with van der Waals surface area (Å²) in [6, 6.07) is 23.2. The fourth-order valence-corrected chi connectivity index (χ4v) is 6.55. The molecule has 0 radical (unpaired) electrons. The average molecular weight is 662 g/mol. The van der Waals surface area contributed by atoms with E-state index >= 15 is 0 Å². The Morgan fingerprint density at radius 2 is 1.54 bits per heavy atom. The van der Waals surface area contributed by atoms with Crippen LogP contribution in [0.4, 0.5) is 5.69 Å². The van der Waals surface area contributed by atoms with Gasteiger partial charge in [-0.2, -0.15) is 0 Å². The third-order valence-corrected chi connectivity index (χ3v) is 9.50. The molecule has 0 aliphatic carbocycles. The van der Waals surface area contributed by atoms with Crippen LogP contribution in [0.1, 0.15) is 55.9 Å². The normalized spacial score (nSPS) is 25.8. The second-order valence-electron chi connectivity index (χ2n) is 13.4. The number of aliphatic hydroxyl groups excluding tert-OH is 4. The van der Waals surface area contributed by atoms with Crippen molar-refractivity contribution in [3.63, 3.8) is 0 Å². The van der Waals surface area contributed by atoms with Gasteiger partial charge < -0.3 is 39.5 Å². The molecular formula is C38H47NO9. The van der Waals surface area contributed by atoms with E-state index in [-0.39, 0.29) is 18.9 Å². The number of carbonyl (C=O) groups is 2. The number of carbonyl (C=O) groups excluding carboxylic acids is 2. The molecule has 10 heteroatoms. The Morgan fingerprint density at radius 1 is 0.917 bits per heavy atom. The first-order valence-electron chi connectivity index (χ1n) is 16.6. The van der Waals surface area contributed by atoms with E-state index in [1.54, 1.807) is 37.8 Å². The maximum absolute atomic E-state index is 14.1. The molecule has 2 fully saturated rings. The summed E-state index contributed by atoms with van der Waals surface area (Å²) in [5, 5.41) is 40.4. The SMILES string of the molecule is CCOC(=O)C(C)(C)Oc1ccc(N2C[C@](CCCc3ccc(C)cc3)(c3ccc(C[C@H]4O[C@H](CO)[C@@H](O)[C@H](O)[C@H]4O)cc3)C2=O)cc1. The number of rotatable bonds is 13. The summed E-state index contributed by atoms with van der Waals surface area (Å²) < 4.78 is 16.7. The van der Waals surface area contributed by atoms with Gasteiger partial charge in [-0.25, -0.2) is 4.79 Å². The number of nitrogens with zero attached hydrogens (tertiary/aromatic N) is 1. The van der Waals surface area contributed by atoms with Crippen molar-refractivity contribution < 1.29 is 44.2 Å². The van der Waals surface area contributed by atoms with Crippen molar-refractivity contribution >= 4 is 17.6 Å². The highest BCUT2D eigenvalue weighted by molar-refractivity contribution is 6.08. The van der Waals surface area contributed by atoms with Crippen LogP contribution in [0.25, 0.3) is 0 Å². The number of hydrogen-bond acceptors (Lipinski definition) is 9. The molecule has 3 aromatic rings. The Labute approximate surface area is 281 Å². The minimum absolute atomic E-state index is 0.00592. The summed E-state index contributed by atoms with van der Waals surface area (Å²) in [4.78, 5) is 28.2. The van der Waals surface area contributed by atoms with Crippen LogP contribution in [0, 0.1) is 6.92 Å². The summed E-state index contributed by atoms with van der Waals surface area (Å²) in [7, 11) is 0. The minimum atomic E-state index is -1.43. The molecule has 258 valence electrons. The number of benzene rings is 3. The summed E-state index contributed by atoms with van der Waals surface area (Å²) in [5.41, 5.74) is 2.97. The number of aryl methyl sites for hydroxylation is 2. The second-order valence-corrected chi connectivity index (χ2v) is 13.4. The van der Waals surface area contributed by atoms with Gasteiger partial charge in [0.25, 0.3) is 0 Å². The van der Waals surface area contributed by atoms with E-state index in [1.165, 1.54) is 11.1 Å². The molecule has 6 atom stereocenters. The molecule has 1 amide bonds. The second kappa shape index (κ2) is 14.8. The number of esters is 1. The van der Waals surface area contributed by atoms with Crippen molar-refractivity contribution in [2.24, 2.45) is 0 Å². The largest absolute Gasteiger partial charge is 0.476 e. The lowest BCUT2D eigenvalue weighted by molar-refractivity contribution is -0.228. The Bertz CT molecular complexity index is 1540. The molecule has 2 heterocycles. The van der Waals surface area contributed by atoms with E-state index in [4.69, 9.17) is 14.2 Å². The van der Waals surface area contributed by atoms with Crippen LogP contribution in [-0.2, 0) is 37.3 Å². The van der Waals surface area contributed by atoms with Crippen molar-refractivity contribution in [1.82, 2.24) is 0 Å². The number of hydrogen-bond donors (Lipinski definition) is 4. The average Bonchev–Trinajstić information content (AvgIpc) is 3.08. The van der Waals surface area contributed by atoms with Crippen LogP contribution in [0.3, 0.4) is 0 Å². The highest BCUT2D eigenvalue weighted by Crippen LogP contribution is 2.43. The van der Waals surface area contributed by atoms with Crippen LogP contribution in [0.2, 0.25) is 0 Å². The number of ether oxygens (including phenoxy) is 3. The highest BCUT2D eigenvalue weighted by atomic mass is 16.6. The molecule has 5 rings (SSSR count). The number of β-lactam (4-membered cyclic amide) rings is 1. The van der Waals surface area contributed by atoms with Crippen molar-refractivity contribution in [2.75, 3.05) is 24.7 Å². The van der Waals surface area contributed by atoms with Crippen molar-refractivity contribution in [3.8, 4) is 5.75 Å². The van der Waals surface area contributed by atoms with Crippen LogP contribution in [0.5, 0.6) is 5.75 Å². The molecule has 10 nitrogen and oxygen atoms in total. The van der Waals surface area contributed by atoms with Crippen LogP contribution < -0.4 is 9.64 Å². The van der Waals surface area contributed by atoms with E-state index < -0.39 is 54.1 Å². The first-order valence-corrected chi connectivity index (χ1v) is 16.6. The monoisotopic (exact) mass is 661 g/mol. The molecule has 2 saturated heterocycles.